The lowest BCUT2D eigenvalue weighted by Gasteiger charge is -2.42. The second kappa shape index (κ2) is 6.42. The summed E-state index contributed by atoms with van der Waals surface area (Å²) in [4.78, 5) is 12.5. The van der Waals surface area contributed by atoms with E-state index in [9.17, 15) is 26.7 Å². The lowest BCUT2D eigenvalue weighted by Crippen LogP contribution is -2.46. The van der Waals surface area contributed by atoms with Crippen LogP contribution in [-0.2, 0) is 4.79 Å². The normalized spacial score (nSPS) is 24.2. The number of amides is 1. The van der Waals surface area contributed by atoms with Gasteiger partial charge in [0.25, 0.3) is 0 Å². The van der Waals surface area contributed by atoms with Crippen molar-refractivity contribution in [1.29, 1.82) is 0 Å². The predicted octanol–water partition coefficient (Wildman–Crippen LogP) is 5.49. The van der Waals surface area contributed by atoms with E-state index >= 15 is 0 Å². The molecule has 0 radical (unpaired) electrons. The Hall–Kier alpha value is -1.67. The number of hydrogen-bond donors (Lipinski definition) is 1. The number of nitrogens with one attached hydrogen (secondary N) is 1. The molecule has 1 heterocycles. The summed E-state index contributed by atoms with van der Waals surface area (Å²) in [6.07, 6.45) is -2.46. The molecule has 4 nitrogen and oxygen atoms in total. The quantitative estimate of drug-likeness (QED) is 0.659. The van der Waals surface area contributed by atoms with Crippen molar-refractivity contribution in [3.8, 4) is 0 Å². The average Bonchev–Trinajstić information content (AvgIpc) is 2.75. The van der Waals surface area contributed by atoms with Crippen molar-refractivity contribution >= 4 is 11.7 Å². The summed E-state index contributed by atoms with van der Waals surface area (Å²) in [7, 11) is 0. The molecule has 3 fully saturated rings. The minimum atomic E-state index is -4.41. The van der Waals surface area contributed by atoms with Crippen LogP contribution in [0.15, 0.2) is 0 Å². The van der Waals surface area contributed by atoms with Gasteiger partial charge in [-0.3, -0.25) is 4.79 Å². The summed E-state index contributed by atoms with van der Waals surface area (Å²) < 4.78 is 68.3. The van der Waals surface area contributed by atoms with Gasteiger partial charge in [-0.15, -0.1) is 0 Å². The molecule has 1 N–H and O–H groups in total. The number of nitrogens with zero attached hydrogens (tertiary/aromatic N) is 2. The highest BCUT2D eigenvalue weighted by Gasteiger charge is 2.59. The molecule has 4 rings (SSSR count). The van der Waals surface area contributed by atoms with Gasteiger partial charge >= 0.3 is 6.18 Å². The van der Waals surface area contributed by atoms with Crippen LogP contribution in [0.2, 0.25) is 0 Å². The molecule has 0 aliphatic heterocycles. The Morgan fingerprint density at radius 3 is 2.29 bits per heavy atom. The zero-order valence-corrected chi connectivity index (χ0v) is 15.7. The summed E-state index contributed by atoms with van der Waals surface area (Å²) in [5.74, 6) is -3.38. The third-order valence-electron chi connectivity index (χ3n) is 6.75. The van der Waals surface area contributed by atoms with Gasteiger partial charge in [-0.25, -0.2) is 13.5 Å². The summed E-state index contributed by atoms with van der Waals surface area (Å²) in [5.41, 5.74) is -0.816. The molecule has 1 aromatic heterocycles. The van der Waals surface area contributed by atoms with E-state index in [0.29, 0.717) is 23.5 Å². The van der Waals surface area contributed by atoms with Crippen molar-refractivity contribution in [1.82, 2.24) is 9.78 Å². The third-order valence-corrected chi connectivity index (χ3v) is 6.75. The Labute approximate surface area is 159 Å². The van der Waals surface area contributed by atoms with Gasteiger partial charge in [0.1, 0.15) is 5.82 Å². The highest BCUT2D eigenvalue weighted by Crippen LogP contribution is 2.55. The summed E-state index contributed by atoms with van der Waals surface area (Å²) in [5, 5.41) is 7.14. The van der Waals surface area contributed by atoms with Gasteiger partial charge in [-0.2, -0.15) is 18.3 Å². The maximum absolute atomic E-state index is 13.4. The van der Waals surface area contributed by atoms with Crippen LogP contribution >= 0.6 is 0 Å². The van der Waals surface area contributed by atoms with E-state index in [1.807, 2.05) is 0 Å². The molecule has 3 aliphatic rings. The Bertz CT molecular complexity index is 769. The van der Waals surface area contributed by atoms with Gasteiger partial charge in [0.05, 0.1) is 17.2 Å². The molecule has 0 saturated heterocycles. The Morgan fingerprint density at radius 2 is 1.86 bits per heavy atom. The van der Waals surface area contributed by atoms with Crippen molar-refractivity contribution < 1.29 is 26.7 Å². The Morgan fingerprint density at radius 1 is 1.21 bits per heavy atom. The molecule has 1 amide bonds. The highest BCUT2D eigenvalue weighted by molar-refractivity contribution is 5.91. The van der Waals surface area contributed by atoms with Crippen LogP contribution in [0.1, 0.15) is 81.0 Å². The van der Waals surface area contributed by atoms with Crippen LogP contribution in [0.25, 0.3) is 0 Å². The van der Waals surface area contributed by atoms with Crippen LogP contribution in [0, 0.1) is 12.3 Å². The van der Waals surface area contributed by atoms with Crippen LogP contribution in [0.5, 0.6) is 0 Å². The fourth-order valence-electron chi connectivity index (χ4n) is 4.47. The van der Waals surface area contributed by atoms with E-state index in [0.717, 1.165) is 19.3 Å². The topological polar surface area (TPSA) is 46.9 Å². The number of anilines is 1. The molecule has 28 heavy (non-hydrogen) atoms. The summed E-state index contributed by atoms with van der Waals surface area (Å²) in [6.45, 7) is 1.70. The number of carbonyl (C=O) groups is 1. The minimum absolute atomic E-state index is 0.0345. The molecule has 3 saturated carbocycles. The molecular formula is C19H24F5N3O. The van der Waals surface area contributed by atoms with E-state index in [4.69, 9.17) is 0 Å². The molecule has 0 atom stereocenters. The zero-order chi connectivity index (χ0) is 20.3. The van der Waals surface area contributed by atoms with Crippen LogP contribution in [0.4, 0.5) is 27.8 Å². The van der Waals surface area contributed by atoms with Crippen LogP contribution < -0.4 is 5.32 Å². The Balaban J connectivity index is 1.55. The van der Waals surface area contributed by atoms with Gasteiger partial charge in [-0.1, -0.05) is 6.42 Å². The number of hydrogen-bond acceptors (Lipinski definition) is 2. The Kier molecular flexibility index (Phi) is 4.50. The molecule has 0 bridgehead atoms. The monoisotopic (exact) mass is 405 g/mol. The van der Waals surface area contributed by atoms with Gasteiger partial charge in [0.2, 0.25) is 11.8 Å². The molecule has 9 heteroatoms. The maximum Gasteiger partial charge on any atom is 0.395 e. The molecular weight excluding hydrogens is 381 g/mol. The fraction of sp³-hybridized carbons (Fsp3) is 0.789. The molecule has 1 aromatic rings. The van der Waals surface area contributed by atoms with Crippen LogP contribution in [-0.4, -0.2) is 27.8 Å². The van der Waals surface area contributed by atoms with E-state index < -0.39 is 29.8 Å². The van der Waals surface area contributed by atoms with Gasteiger partial charge in [-0.05, 0) is 39.0 Å². The number of halogens is 5. The second-order valence-electron chi connectivity index (χ2n) is 8.71. The maximum atomic E-state index is 13.4. The first-order chi connectivity index (χ1) is 13.0. The third kappa shape index (κ3) is 3.20. The highest BCUT2D eigenvalue weighted by atomic mass is 19.4. The van der Waals surface area contributed by atoms with E-state index in [1.54, 1.807) is 11.6 Å². The van der Waals surface area contributed by atoms with Crippen molar-refractivity contribution in [2.24, 2.45) is 5.41 Å². The molecule has 0 aromatic carbocycles. The molecule has 0 spiro atoms. The van der Waals surface area contributed by atoms with E-state index in [2.05, 4.69) is 10.4 Å². The summed E-state index contributed by atoms with van der Waals surface area (Å²) >= 11 is 0. The number of alkyl halides is 5. The van der Waals surface area contributed by atoms with Gasteiger partial charge in [0, 0.05) is 30.7 Å². The zero-order valence-electron chi connectivity index (χ0n) is 15.7. The first-order valence-electron chi connectivity index (χ1n) is 9.85. The molecule has 0 unspecified atom stereocenters. The standard InChI is InChI=1S/C19H24F5N3O/c1-11-15(12-8-18(20,21)9-12)26-27(13-4-2-5-13)16(11)25-14(28)10-17(6-3-7-17)19(22,23)24/h12-13H,2-10H2,1H3,(H,25,28). The van der Waals surface area contributed by atoms with Gasteiger partial charge in [0.15, 0.2) is 0 Å². The van der Waals surface area contributed by atoms with Crippen molar-refractivity contribution in [2.45, 2.75) is 88.8 Å². The fourth-order valence-corrected chi connectivity index (χ4v) is 4.47. The van der Waals surface area contributed by atoms with E-state index in [1.165, 1.54) is 0 Å². The smallest absolute Gasteiger partial charge is 0.311 e. The molecule has 3 aliphatic carbocycles. The predicted molar refractivity (Wildman–Crippen MR) is 92.4 cm³/mol. The average molecular weight is 405 g/mol. The number of aromatic nitrogens is 2. The lowest BCUT2D eigenvalue weighted by atomic mass is 9.66. The van der Waals surface area contributed by atoms with Crippen molar-refractivity contribution in [3.63, 3.8) is 0 Å². The van der Waals surface area contributed by atoms with Crippen LogP contribution in [0.3, 0.4) is 0 Å². The minimum Gasteiger partial charge on any atom is -0.311 e. The molecule has 156 valence electrons. The number of carbonyl (C=O) groups excluding carboxylic acids is 1. The largest absolute Gasteiger partial charge is 0.395 e. The second-order valence-corrected chi connectivity index (χ2v) is 8.71. The summed E-state index contributed by atoms with van der Waals surface area (Å²) in [6, 6.07) is 0.0589. The lowest BCUT2D eigenvalue weighted by molar-refractivity contribution is -0.251. The van der Waals surface area contributed by atoms with Crippen molar-refractivity contribution in [2.75, 3.05) is 5.32 Å². The van der Waals surface area contributed by atoms with E-state index in [-0.39, 0.29) is 37.6 Å². The SMILES string of the molecule is Cc1c(C2CC(F)(F)C2)nn(C2CCC2)c1NC(=O)CC1(C(F)(F)F)CCC1. The first-order valence-corrected chi connectivity index (χ1v) is 9.85. The first kappa shape index (κ1) is 19.6. The van der Waals surface area contributed by atoms with Gasteiger partial charge < -0.3 is 5.32 Å². The van der Waals surface area contributed by atoms with Crippen molar-refractivity contribution in [3.05, 3.63) is 11.3 Å². The number of rotatable bonds is 5.